The molecule has 0 heterocycles. The minimum absolute atomic E-state index is 0.151. The lowest BCUT2D eigenvalue weighted by molar-refractivity contribution is -2.00. The third-order valence-electron chi connectivity index (χ3n) is 9.69. The molecule has 0 N–H and O–H groups in total. The van der Waals surface area contributed by atoms with Crippen molar-refractivity contribution in [1.82, 2.24) is 0 Å². The Balaban J connectivity index is 0.000000563. The molecule has 0 aromatic heterocycles. The van der Waals surface area contributed by atoms with Crippen LogP contribution in [-0.4, -0.2) is 0 Å². The first-order valence-electron chi connectivity index (χ1n) is 20.9. The molecule has 0 saturated heterocycles. The summed E-state index contributed by atoms with van der Waals surface area (Å²) in [5, 5.41) is 0. The summed E-state index contributed by atoms with van der Waals surface area (Å²) < 4.78 is 105. The molecule has 0 atom stereocenters. The van der Waals surface area contributed by atoms with Crippen molar-refractivity contribution in [2.24, 2.45) is 0 Å². The van der Waals surface area contributed by atoms with E-state index < -0.39 is 30.7 Å². The molecule has 0 radical (unpaired) electrons. The van der Waals surface area contributed by atoms with Gasteiger partial charge >= 0.3 is 21.2 Å². The average Bonchev–Trinajstić information content (AvgIpc) is 3.30. The van der Waals surface area contributed by atoms with Crippen molar-refractivity contribution < 1.29 is 108 Å². The van der Waals surface area contributed by atoms with Crippen molar-refractivity contribution >= 4 is 45.3 Å². The van der Waals surface area contributed by atoms with Gasteiger partial charge in [-0.1, -0.05) is 96.3 Å². The van der Waals surface area contributed by atoms with Crippen molar-refractivity contribution in [2.75, 3.05) is 0 Å². The van der Waals surface area contributed by atoms with E-state index in [0.717, 1.165) is 0 Å². The van der Waals surface area contributed by atoms with Gasteiger partial charge in [-0.2, -0.15) is 0 Å². The summed E-state index contributed by atoms with van der Waals surface area (Å²) in [5.74, 6) is 0. The van der Waals surface area contributed by atoms with Gasteiger partial charge in [-0.3, -0.25) is 0 Å². The highest BCUT2D eigenvalue weighted by Gasteiger charge is 2.33. The SMILES string of the molecule is Cc1ccccc1[S+](c1ccc(Sc2ccc([I+]c3ccc(Sc4ccc([S+](c5ccccc5C)c5ccccc5C)cc4)cc3)cc2)cc1)c1ccccc1C.[O-][Cl+3]([O-])([O-])[O-].[O-][Cl+3]([O-])([O-])[O-].[O-][Cl+3]([O-])([O-])[O-]. The standard InChI is InChI=1S/C52H44IS4.3ClHO4/c1-37-13-5-9-17-49(37)56(50-18-10-6-14-38(50)2)47-33-29-45(30-34-47)54-43-25-21-41(22-26-43)53-42-23-27-44(28-24-42)55-46-31-35-48(36-32-46)57(51-19-11-7-15-39(51)3)52-20-12-8-16-40(52)4;3*2-1(3,4)5/h5-36H,1-4H3;3*(H,2,3,4,5)/q+3;;;/p-3. The Labute approximate surface area is 449 Å². The third kappa shape index (κ3) is 20.9. The van der Waals surface area contributed by atoms with Crippen LogP contribution in [0.3, 0.4) is 0 Å². The number of halogens is 4. The highest BCUT2D eigenvalue weighted by molar-refractivity contribution is 7.99. The molecule has 20 heteroatoms. The van der Waals surface area contributed by atoms with E-state index in [4.69, 9.17) is 55.9 Å². The lowest BCUT2D eigenvalue weighted by atomic mass is 10.2. The summed E-state index contributed by atoms with van der Waals surface area (Å²) in [4.78, 5) is 13.4. The highest BCUT2D eigenvalue weighted by Crippen LogP contribution is 2.38. The number of hydrogen-bond donors (Lipinski definition) is 0. The molecule has 0 aliphatic carbocycles. The van der Waals surface area contributed by atoms with Gasteiger partial charge < -0.3 is 0 Å². The molecule has 8 rings (SSSR count). The van der Waals surface area contributed by atoms with E-state index in [1.807, 2.05) is 23.5 Å². The van der Waals surface area contributed by atoms with Crippen LogP contribution in [-0.2, 0) is 21.8 Å². The molecule has 72 heavy (non-hydrogen) atoms. The predicted molar refractivity (Wildman–Crippen MR) is 240 cm³/mol. The quantitative estimate of drug-likeness (QED) is 0.0888. The topological polar surface area (TPSA) is 277 Å². The Bertz CT molecular complexity index is 2620. The number of aryl methyl sites for hydroxylation is 4. The van der Waals surface area contributed by atoms with Gasteiger partial charge in [-0.15, -0.1) is 30.7 Å². The molecule has 0 aliphatic heterocycles. The summed E-state index contributed by atoms with van der Waals surface area (Å²) in [6.07, 6.45) is 0. The van der Waals surface area contributed by atoms with Gasteiger partial charge in [0.2, 0.25) is 0 Å². The first kappa shape index (κ1) is 59.2. The maximum Gasteiger partial charge on any atom is 0.357 e. The van der Waals surface area contributed by atoms with Crippen LogP contribution >= 0.6 is 23.5 Å². The van der Waals surface area contributed by atoms with Crippen molar-refractivity contribution in [3.8, 4) is 0 Å². The molecule has 0 fully saturated rings. The first-order chi connectivity index (χ1) is 33.9. The second kappa shape index (κ2) is 27.7. The van der Waals surface area contributed by atoms with Gasteiger partial charge in [0.05, 0.1) is 21.8 Å². The van der Waals surface area contributed by atoms with Gasteiger partial charge in [0, 0.05) is 41.8 Å². The Morgan fingerprint density at radius 2 is 0.486 bits per heavy atom. The molecule has 0 unspecified atom stereocenters. The molecule has 12 nitrogen and oxygen atoms in total. The van der Waals surface area contributed by atoms with Crippen LogP contribution in [0.5, 0.6) is 0 Å². The third-order valence-corrected chi connectivity index (χ3v) is 19.5. The molecule has 376 valence electrons. The lowest BCUT2D eigenvalue weighted by Gasteiger charge is -2.17. The van der Waals surface area contributed by atoms with Gasteiger partial charge in [0.15, 0.2) is 36.5 Å². The summed E-state index contributed by atoms with van der Waals surface area (Å²) >= 11 is 3.42. The smallest absolute Gasteiger partial charge is 0.222 e. The van der Waals surface area contributed by atoms with E-state index in [0.29, 0.717) is 0 Å². The van der Waals surface area contributed by atoms with Crippen molar-refractivity contribution in [2.45, 2.75) is 76.6 Å². The largest absolute Gasteiger partial charge is 0.357 e. The van der Waals surface area contributed by atoms with Gasteiger partial charge in [0.25, 0.3) is 0 Å². The fraction of sp³-hybridized carbons (Fsp3) is 0.0769. The van der Waals surface area contributed by atoms with Gasteiger partial charge in [-0.05, 0) is 149 Å². The van der Waals surface area contributed by atoms with E-state index in [9.17, 15) is 0 Å². The minimum atomic E-state index is -4.94. The van der Waals surface area contributed by atoms with Crippen LogP contribution in [0, 0.1) is 65.6 Å². The zero-order chi connectivity index (χ0) is 52.6. The molecular formula is C52H44Cl3IO12S4. The Hall–Kier alpha value is -3.72. The van der Waals surface area contributed by atoms with Gasteiger partial charge in [-0.25, -0.2) is 55.9 Å². The first-order valence-corrected chi connectivity index (χ1v) is 30.8. The van der Waals surface area contributed by atoms with Gasteiger partial charge in [0.1, 0.15) is 0 Å². The van der Waals surface area contributed by atoms with Crippen LogP contribution in [0.15, 0.2) is 243 Å². The maximum atomic E-state index is 8.49. The lowest BCUT2D eigenvalue weighted by Crippen LogP contribution is -3.61. The van der Waals surface area contributed by atoms with Crippen LogP contribution < -0.4 is 77.1 Å². The minimum Gasteiger partial charge on any atom is -0.222 e. The Morgan fingerprint density at radius 1 is 0.292 bits per heavy atom. The van der Waals surface area contributed by atoms with Crippen molar-refractivity contribution in [3.05, 3.63) is 224 Å². The zero-order valence-corrected chi connectivity index (χ0v) is 46.2. The number of rotatable bonds is 12. The molecule has 8 aromatic rings. The molecule has 8 aromatic carbocycles. The number of hydrogen-bond acceptors (Lipinski definition) is 14. The van der Waals surface area contributed by atoms with E-state index in [2.05, 4.69) is 222 Å². The molecule has 0 aliphatic rings. The van der Waals surface area contributed by atoms with E-state index in [1.165, 1.54) is 78.3 Å². The Kier molecular flexibility index (Phi) is 22.8. The molecule has 0 saturated carbocycles. The predicted octanol–water partition coefficient (Wildman–Crippen LogP) is -2.73. The van der Waals surface area contributed by atoms with Crippen molar-refractivity contribution in [3.63, 3.8) is 0 Å². The summed E-state index contributed by atoms with van der Waals surface area (Å²) in [6, 6.07) is 72.2. The van der Waals surface area contributed by atoms with E-state index in [1.54, 1.807) is 0 Å². The molecule has 0 spiro atoms. The normalized spacial score (nSPS) is 11.5. The average molecular weight is 1220 g/mol. The molecule has 0 bridgehead atoms. The van der Waals surface area contributed by atoms with Crippen LogP contribution in [0.2, 0.25) is 0 Å². The van der Waals surface area contributed by atoms with Crippen LogP contribution in [0.4, 0.5) is 0 Å². The van der Waals surface area contributed by atoms with E-state index >= 15 is 0 Å². The molecule has 0 amide bonds. The van der Waals surface area contributed by atoms with Crippen molar-refractivity contribution in [1.29, 1.82) is 0 Å². The molecular weight excluding hydrogens is 1180 g/mol. The number of benzene rings is 8. The summed E-state index contributed by atoms with van der Waals surface area (Å²) in [7, 11) is -15.1. The van der Waals surface area contributed by atoms with E-state index in [-0.39, 0.29) is 43.0 Å². The monoisotopic (exact) mass is 1220 g/mol. The summed E-state index contributed by atoms with van der Waals surface area (Å²) in [5.41, 5.74) is 5.35. The maximum absolute atomic E-state index is 8.49. The highest BCUT2D eigenvalue weighted by atomic mass is 127. The fourth-order valence-corrected chi connectivity index (χ4v) is 15.2. The second-order valence-electron chi connectivity index (χ2n) is 15.0. The van der Waals surface area contributed by atoms with Crippen LogP contribution in [0.25, 0.3) is 0 Å². The fourth-order valence-electron chi connectivity index (χ4n) is 6.70. The van der Waals surface area contributed by atoms with Crippen LogP contribution in [0.1, 0.15) is 22.3 Å². The summed E-state index contributed by atoms with van der Waals surface area (Å²) in [6.45, 7) is 8.92. The second-order valence-corrected chi connectivity index (χ2v) is 26.5. The zero-order valence-electron chi connectivity index (χ0n) is 38.5. The Morgan fingerprint density at radius 3 is 0.694 bits per heavy atom.